The summed E-state index contributed by atoms with van der Waals surface area (Å²) in [6, 6.07) is 9.28. The highest BCUT2D eigenvalue weighted by Crippen LogP contribution is 2.33. The second kappa shape index (κ2) is 8.49. The minimum atomic E-state index is -0.631. The quantitative estimate of drug-likeness (QED) is 0.660. The Morgan fingerprint density at radius 1 is 1.22 bits per heavy atom. The summed E-state index contributed by atoms with van der Waals surface area (Å²) in [6.07, 6.45) is 4.39. The van der Waals surface area contributed by atoms with Gasteiger partial charge in [-0.2, -0.15) is 5.10 Å². The number of fused-ring (bicyclic) bond motifs is 2. The summed E-state index contributed by atoms with van der Waals surface area (Å²) in [7, 11) is 1.86. The van der Waals surface area contributed by atoms with Crippen LogP contribution in [0.4, 0.5) is 0 Å². The molecule has 0 radical (unpaired) electrons. The van der Waals surface area contributed by atoms with E-state index in [9.17, 15) is 9.59 Å². The third-order valence-electron chi connectivity index (χ3n) is 5.95. The zero-order valence-electron chi connectivity index (χ0n) is 17.9. The number of amides is 2. The smallest absolute Gasteiger partial charge is 0.261 e. The van der Waals surface area contributed by atoms with Crippen molar-refractivity contribution in [2.45, 2.75) is 31.8 Å². The van der Waals surface area contributed by atoms with Crippen molar-refractivity contribution in [1.29, 1.82) is 0 Å². The van der Waals surface area contributed by atoms with E-state index in [0.717, 1.165) is 42.5 Å². The van der Waals surface area contributed by atoms with E-state index in [1.165, 1.54) is 0 Å². The third-order valence-corrected chi connectivity index (χ3v) is 5.95. The zero-order valence-corrected chi connectivity index (χ0v) is 17.9. The number of benzene rings is 1. The molecule has 2 aliphatic rings. The van der Waals surface area contributed by atoms with E-state index in [2.05, 4.69) is 15.4 Å². The number of carbonyl (C=O) groups excluding carboxylic acids is 2. The molecule has 0 aliphatic carbocycles. The van der Waals surface area contributed by atoms with Gasteiger partial charge >= 0.3 is 0 Å². The molecule has 0 bridgehead atoms. The average Bonchev–Trinajstić information content (AvgIpc) is 3.47. The van der Waals surface area contributed by atoms with Gasteiger partial charge in [-0.25, -0.2) is 4.98 Å². The monoisotopic (exact) mass is 435 g/mol. The highest BCUT2D eigenvalue weighted by atomic mass is 16.5. The molecule has 5 rings (SSSR count). The van der Waals surface area contributed by atoms with Crippen LogP contribution >= 0.6 is 0 Å². The number of carbonyl (C=O) groups is 2. The van der Waals surface area contributed by atoms with E-state index in [1.807, 2.05) is 25.2 Å². The molecule has 1 unspecified atom stereocenters. The maximum Gasteiger partial charge on any atom is 0.261 e. The van der Waals surface area contributed by atoms with Gasteiger partial charge in [-0.05, 0) is 43.4 Å². The van der Waals surface area contributed by atoms with Crippen LogP contribution in [0.3, 0.4) is 0 Å². The molecule has 1 aromatic carbocycles. The Labute approximate surface area is 185 Å². The van der Waals surface area contributed by atoms with E-state index < -0.39 is 6.10 Å². The Bertz CT molecular complexity index is 1170. The summed E-state index contributed by atoms with van der Waals surface area (Å²) in [6.45, 7) is 1.55. The van der Waals surface area contributed by atoms with Crippen LogP contribution in [0.1, 0.15) is 24.8 Å². The van der Waals surface area contributed by atoms with Crippen molar-refractivity contribution in [3.8, 4) is 17.4 Å². The molecule has 0 saturated carbocycles. The molecule has 1 N–H and O–H groups in total. The Morgan fingerprint density at radius 2 is 2.06 bits per heavy atom. The molecular formula is C23H25N5O4. The molecule has 4 heterocycles. The van der Waals surface area contributed by atoms with Gasteiger partial charge in [-0.3, -0.25) is 14.3 Å². The van der Waals surface area contributed by atoms with Gasteiger partial charge in [0.05, 0.1) is 18.3 Å². The van der Waals surface area contributed by atoms with Crippen LogP contribution in [-0.2, 0) is 23.1 Å². The van der Waals surface area contributed by atoms with Gasteiger partial charge in [-0.15, -0.1) is 0 Å². The normalized spacial score (nSPS) is 17.7. The summed E-state index contributed by atoms with van der Waals surface area (Å²) >= 11 is 0. The van der Waals surface area contributed by atoms with Crippen molar-refractivity contribution < 1.29 is 19.1 Å². The van der Waals surface area contributed by atoms with E-state index in [1.54, 1.807) is 27.9 Å². The van der Waals surface area contributed by atoms with Gasteiger partial charge in [-0.1, -0.05) is 6.07 Å². The molecule has 2 aromatic heterocycles. The van der Waals surface area contributed by atoms with Crippen molar-refractivity contribution in [2.24, 2.45) is 7.05 Å². The Kier molecular flexibility index (Phi) is 5.38. The number of rotatable bonds is 5. The Balaban J connectivity index is 1.23. The fourth-order valence-corrected chi connectivity index (χ4v) is 4.15. The lowest BCUT2D eigenvalue weighted by molar-refractivity contribution is -0.134. The fraction of sp³-hybridized carbons (Fsp3) is 0.391. The van der Waals surface area contributed by atoms with E-state index in [-0.39, 0.29) is 18.4 Å². The predicted octanol–water partition coefficient (Wildman–Crippen LogP) is 2.19. The molecule has 2 amide bonds. The first kappa shape index (κ1) is 20.3. The topological polar surface area (TPSA) is 98.6 Å². The van der Waals surface area contributed by atoms with Gasteiger partial charge in [0, 0.05) is 32.3 Å². The summed E-state index contributed by atoms with van der Waals surface area (Å²) in [4.78, 5) is 31.0. The Hall–Kier alpha value is -3.62. The molecule has 9 heteroatoms. The highest BCUT2D eigenvalue weighted by molar-refractivity contribution is 5.87. The second-order valence-corrected chi connectivity index (χ2v) is 8.14. The molecule has 2 aliphatic heterocycles. The van der Waals surface area contributed by atoms with Crippen LogP contribution < -0.4 is 14.8 Å². The first-order valence-electron chi connectivity index (χ1n) is 10.9. The highest BCUT2D eigenvalue weighted by Gasteiger charge is 2.27. The number of ether oxygens (including phenoxy) is 2. The van der Waals surface area contributed by atoms with Crippen LogP contribution in [0.25, 0.3) is 11.0 Å². The molecule has 0 spiro atoms. The lowest BCUT2D eigenvalue weighted by Gasteiger charge is -2.26. The first-order chi connectivity index (χ1) is 15.6. The zero-order chi connectivity index (χ0) is 22.1. The van der Waals surface area contributed by atoms with Crippen LogP contribution in [0.2, 0.25) is 0 Å². The summed E-state index contributed by atoms with van der Waals surface area (Å²) < 4.78 is 13.6. The van der Waals surface area contributed by atoms with E-state index in [0.29, 0.717) is 30.2 Å². The molecule has 3 aromatic rings. The van der Waals surface area contributed by atoms with Crippen molar-refractivity contribution in [3.63, 3.8) is 0 Å². The number of aryl methyl sites for hydroxylation is 2. The number of nitrogens with one attached hydrogen (secondary N) is 1. The average molecular weight is 435 g/mol. The van der Waals surface area contributed by atoms with Crippen LogP contribution in [0, 0.1) is 0 Å². The van der Waals surface area contributed by atoms with E-state index in [4.69, 9.17) is 9.47 Å². The predicted molar refractivity (Wildman–Crippen MR) is 117 cm³/mol. The lowest BCUT2D eigenvalue weighted by Crippen LogP contribution is -2.45. The van der Waals surface area contributed by atoms with Crippen LogP contribution in [-0.4, -0.2) is 57.2 Å². The number of aromatic nitrogens is 3. The van der Waals surface area contributed by atoms with Gasteiger partial charge in [0.2, 0.25) is 11.8 Å². The van der Waals surface area contributed by atoms with Crippen molar-refractivity contribution in [2.75, 3.05) is 19.6 Å². The largest absolute Gasteiger partial charge is 0.480 e. The minimum absolute atomic E-state index is 0.0111. The van der Waals surface area contributed by atoms with Gasteiger partial charge in [0.1, 0.15) is 17.0 Å². The maximum absolute atomic E-state index is 12.6. The Morgan fingerprint density at radius 3 is 2.91 bits per heavy atom. The van der Waals surface area contributed by atoms with Crippen LogP contribution in [0.5, 0.6) is 17.4 Å². The number of hydrogen-bond donors (Lipinski definition) is 1. The maximum atomic E-state index is 12.6. The SMILES string of the molecule is Cn1ncc2nc(Oc3ccc4c(c3)OC(C(=O)NCC(=O)N3CCCC3)CC4)ccc21. The summed E-state index contributed by atoms with van der Waals surface area (Å²) in [5.74, 6) is 1.34. The standard InChI is InChI=1S/C23H25N5O4/c1-27-18-7-9-21(26-17(18)13-25-27)31-16-6-4-15-5-8-19(32-20(15)12-16)23(30)24-14-22(29)28-10-2-3-11-28/h4,6-7,9,12-13,19H,2-3,5,8,10-11,14H2,1H3,(H,24,30). The summed E-state index contributed by atoms with van der Waals surface area (Å²) in [5, 5.41) is 6.92. The lowest BCUT2D eigenvalue weighted by atomic mass is 10.0. The number of likely N-dealkylation sites (tertiary alicyclic amines) is 1. The van der Waals surface area contributed by atoms with Crippen LogP contribution in [0.15, 0.2) is 36.5 Å². The van der Waals surface area contributed by atoms with Gasteiger partial charge in [0.25, 0.3) is 5.91 Å². The molecule has 1 atom stereocenters. The molecule has 9 nitrogen and oxygen atoms in total. The molecule has 166 valence electrons. The number of hydrogen-bond acceptors (Lipinski definition) is 6. The second-order valence-electron chi connectivity index (χ2n) is 8.14. The van der Waals surface area contributed by atoms with Crippen molar-refractivity contribution >= 4 is 22.8 Å². The first-order valence-corrected chi connectivity index (χ1v) is 10.9. The molecule has 1 saturated heterocycles. The van der Waals surface area contributed by atoms with Gasteiger partial charge in [0.15, 0.2) is 6.10 Å². The number of pyridine rings is 1. The minimum Gasteiger partial charge on any atom is -0.480 e. The fourth-order valence-electron chi connectivity index (χ4n) is 4.15. The molecular weight excluding hydrogens is 410 g/mol. The molecule has 32 heavy (non-hydrogen) atoms. The number of nitrogens with zero attached hydrogens (tertiary/aromatic N) is 4. The van der Waals surface area contributed by atoms with Crippen molar-refractivity contribution in [3.05, 3.63) is 42.1 Å². The van der Waals surface area contributed by atoms with E-state index >= 15 is 0 Å². The summed E-state index contributed by atoms with van der Waals surface area (Å²) in [5.41, 5.74) is 2.69. The third kappa shape index (κ3) is 4.10. The molecule has 1 fully saturated rings. The van der Waals surface area contributed by atoms with Crippen molar-refractivity contribution in [1.82, 2.24) is 25.0 Å². The van der Waals surface area contributed by atoms with Gasteiger partial charge < -0.3 is 19.7 Å².